The van der Waals surface area contributed by atoms with Gasteiger partial charge in [0.05, 0.1) is 5.69 Å². The third-order valence-electron chi connectivity index (χ3n) is 2.35. The first-order valence-electron chi connectivity index (χ1n) is 6.01. The minimum Gasteiger partial charge on any atom is -0.444 e. The van der Waals surface area contributed by atoms with Crippen molar-refractivity contribution in [2.75, 3.05) is 5.75 Å². The first-order chi connectivity index (χ1) is 8.94. The molecule has 0 saturated carbocycles. The zero-order valence-corrected chi connectivity index (χ0v) is 11.8. The molecule has 5 heteroatoms. The molecule has 2 rings (SSSR count). The average Bonchev–Trinajstić information content (AvgIpc) is 2.76. The quantitative estimate of drug-likeness (QED) is 0.911. The number of benzene rings is 1. The van der Waals surface area contributed by atoms with Gasteiger partial charge in [-0.25, -0.2) is 9.37 Å². The van der Waals surface area contributed by atoms with Gasteiger partial charge in [0, 0.05) is 22.6 Å². The maximum atomic E-state index is 13.1. The number of thioether (sulfide) groups is 1. The molecule has 0 bridgehead atoms. The third-order valence-corrected chi connectivity index (χ3v) is 3.80. The van der Waals surface area contributed by atoms with Gasteiger partial charge in [-0.05, 0) is 32.0 Å². The van der Waals surface area contributed by atoms with Crippen molar-refractivity contribution >= 4 is 11.8 Å². The molecule has 2 N–H and O–H groups in total. The van der Waals surface area contributed by atoms with Crippen molar-refractivity contribution in [1.82, 2.24) is 4.98 Å². The number of hydrogen-bond acceptors (Lipinski definition) is 4. The van der Waals surface area contributed by atoms with E-state index in [-0.39, 0.29) is 11.4 Å². The fraction of sp³-hybridized carbons (Fsp3) is 0.357. The molecule has 0 aliphatic carbocycles. The summed E-state index contributed by atoms with van der Waals surface area (Å²) in [6.07, 6.45) is 1.61. The molecular formula is C14H17FN2OS. The monoisotopic (exact) mass is 280 g/mol. The lowest BCUT2D eigenvalue weighted by Gasteiger charge is -2.16. The molecule has 2 aromatic rings. The molecule has 102 valence electrons. The van der Waals surface area contributed by atoms with E-state index in [9.17, 15) is 4.39 Å². The van der Waals surface area contributed by atoms with Gasteiger partial charge in [0.2, 0.25) is 5.89 Å². The van der Waals surface area contributed by atoms with Crippen LogP contribution in [0.1, 0.15) is 19.5 Å². The molecule has 0 aliphatic rings. The number of nitrogens with two attached hydrogens (primary N) is 1. The molecule has 0 fully saturated rings. The van der Waals surface area contributed by atoms with E-state index in [1.807, 2.05) is 13.8 Å². The second kappa shape index (κ2) is 5.75. The van der Waals surface area contributed by atoms with Crippen molar-refractivity contribution in [3.05, 3.63) is 42.0 Å². The molecule has 1 aromatic heterocycles. The highest BCUT2D eigenvalue weighted by Crippen LogP contribution is 2.22. The molecule has 3 nitrogen and oxygen atoms in total. The Hall–Kier alpha value is -1.33. The van der Waals surface area contributed by atoms with Crippen LogP contribution in [0.15, 0.2) is 34.9 Å². The van der Waals surface area contributed by atoms with E-state index in [1.165, 1.54) is 12.1 Å². The molecular weight excluding hydrogens is 263 g/mol. The van der Waals surface area contributed by atoms with Gasteiger partial charge in [-0.1, -0.05) is 6.07 Å². The molecule has 0 radical (unpaired) electrons. The Morgan fingerprint density at radius 3 is 2.89 bits per heavy atom. The van der Waals surface area contributed by atoms with Crippen LogP contribution in [0.4, 0.5) is 4.39 Å². The summed E-state index contributed by atoms with van der Waals surface area (Å²) >= 11 is 1.70. The summed E-state index contributed by atoms with van der Waals surface area (Å²) in [5.41, 5.74) is 7.20. The van der Waals surface area contributed by atoms with Crippen molar-refractivity contribution in [1.29, 1.82) is 0 Å². The van der Waals surface area contributed by atoms with Gasteiger partial charge in [0.1, 0.15) is 12.1 Å². The number of rotatable bonds is 5. The summed E-state index contributed by atoms with van der Waals surface area (Å²) in [7, 11) is 0. The lowest BCUT2D eigenvalue weighted by Crippen LogP contribution is -2.34. The SMILES string of the molecule is CC(C)(N)CSCc1coc(-c2cccc(F)c2)n1. The van der Waals surface area contributed by atoms with Crippen molar-refractivity contribution in [3.8, 4) is 11.5 Å². The fourth-order valence-corrected chi connectivity index (χ4v) is 2.52. The van der Waals surface area contributed by atoms with Gasteiger partial charge >= 0.3 is 0 Å². The minimum atomic E-state index is -0.295. The smallest absolute Gasteiger partial charge is 0.226 e. The Balaban J connectivity index is 1.99. The number of halogens is 1. The van der Waals surface area contributed by atoms with Gasteiger partial charge in [0.15, 0.2) is 0 Å². The predicted octanol–water partition coefficient (Wildman–Crippen LogP) is 3.45. The zero-order chi connectivity index (χ0) is 13.9. The van der Waals surface area contributed by atoms with Crippen LogP contribution in [-0.4, -0.2) is 16.3 Å². The lowest BCUT2D eigenvalue weighted by molar-refractivity contribution is 0.571. The Kier molecular flexibility index (Phi) is 4.27. The van der Waals surface area contributed by atoms with Crippen molar-refractivity contribution < 1.29 is 8.81 Å². The van der Waals surface area contributed by atoms with E-state index in [0.29, 0.717) is 11.5 Å². The summed E-state index contributed by atoms with van der Waals surface area (Å²) in [5.74, 6) is 1.73. The van der Waals surface area contributed by atoms with E-state index in [0.717, 1.165) is 17.2 Å². The van der Waals surface area contributed by atoms with Crippen LogP contribution in [0.2, 0.25) is 0 Å². The molecule has 0 atom stereocenters. The van der Waals surface area contributed by atoms with Crippen molar-refractivity contribution in [3.63, 3.8) is 0 Å². The molecule has 19 heavy (non-hydrogen) atoms. The second-order valence-corrected chi connectivity index (χ2v) is 6.12. The van der Waals surface area contributed by atoms with Crippen LogP contribution < -0.4 is 5.73 Å². The Morgan fingerprint density at radius 2 is 2.21 bits per heavy atom. The first-order valence-corrected chi connectivity index (χ1v) is 7.16. The van der Waals surface area contributed by atoms with Crippen LogP contribution >= 0.6 is 11.8 Å². The molecule has 1 heterocycles. The number of hydrogen-bond donors (Lipinski definition) is 1. The van der Waals surface area contributed by atoms with Gasteiger partial charge in [0.25, 0.3) is 0 Å². The van der Waals surface area contributed by atoms with Gasteiger partial charge in [-0.15, -0.1) is 0 Å². The van der Waals surface area contributed by atoms with Crippen molar-refractivity contribution in [2.45, 2.75) is 25.1 Å². The summed E-state index contributed by atoms with van der Waals surface area (Å²) in [6, 6.07) is 6.22. The summed E-state index contributed by atoms with van der Waals surface area (Å²) in [4.78, 5) is 4.35. The molecule has 0 saturated heterocycles. The lowest BCUT2D eigenvalue weighted by atomic mass is 10.1. The topological polar surface area (TPSA) is 52.0 Å². The van der Waals surface area contributed by atoms with Crippen LogP contribution in [0, 0.1) is 5.82 Å². The predicted molar refractivity (Wildman–Crippen MR) is 76.3 cm³/mol. The van der Waals surface area contributed by atoms with Crippen LogP contribution in [0.5, 0.6) is 0 Å². The standard InChI is InChI=1S/C14H17FN2OS/c1-14(2,16)9-19-8-12-7-18-13(17-12)10-4-3-5-11(15)6-10/h3-7H,8-9,16H2,1-2H3. The molecule has 0 aliphatic heterocycles. The molecule has 0 unspecified atom stereocenters. The van der Waals surface area contributed by atoms with E-state index in [4.69, 9.17) is 10.2 Å². The Morgan fingerprint density at radius 1 is 1.42 bits per heavy atom. The Labute approximate surface area is 116 Å². The van der Waals surface area contributed by atoms with Gasteiger partial charge in [-0.3, -0.25) is 0 Å². The van der Waals surface area contributed by atoms with E-state index in [1.54, 1.807) is 30.2 Å². The van der Waals surface area contributed by atoms with Crippen LogP contribution in [-0.2, 0) is 5.75 Å². The highest BCUT2D eigenvalue weighted by atomic mass is 32.2. The van der Waals surface area contributed by atoms with Crippen LogP contribution in [0.25, 0.3) is 11.5 Å². The summed E-state index contributed by atoms with van der Waals surface area (Å²) in [5, 5.41) is 0. The van der Waals surface area contributed by atoms with E-state index in [2.05, 4.69) is 4.98 Å². The maximum Gasteiger partial charge on any atom is 0.226 e. The second-order valence-electron chi connectivity index (χ2n) is 5.14. The molecule has 0 amide bonds. The number of aromatic nitrogens is 1. The van der Waals surface area contributed by atoms with E-state index < -0.39 is 0 Å². The summed E-state index contributed by atoms with van der Waals surface area (Å²) in [6.45, 7) is 3.97. The van der Waals surface area contributed by atoms with Gasteiger partial charge in [-0.2, -0.15) is 11.8 Å². The Bertz CT molecular complexity index is 548. The van der Waals surface area contributed by atoms with E-state index >= 15 is 0 Å². The summed E-state index contributed by atoms with van der Waals surface area (Å²) < 4.78 is 18.5. The first kappa shape index (κ1) is 14.1. The maximum absolute atomic E-state index is 13.1. The minimum absolute atomic E-state index is 0.195. The van der Waals surface area contributed by atoms with Crippen molar-refractivity contribution in [2.24, 2.45) is 5.73 Å². The number of oxazole rings is 1. The highest BCUT2D eigenvalue weighted by Gasteiger charge is 2.12. The molecule has 1 aromatic carbocycles. The zero-order valence-electron chi connectivity index (χ0n) is 11.0. The average molecular weight is 280 g/mol. The fourth-order valence-electron chi connectivity index (χ4n) is 1.55. The highest BCUT2D eigenvalue weighted by molar-refractivity contribution is 7.98. The number of nitrogens with zero attached hydrogens (tertiary/aromatic N) is 1. The largest absolute Gasteiger partial charge is 0.444 e. The van der Waals surface area contributed by atoms with Gasteiger partial charge < -0.3 is 10.2 Å². The normalized spacial score (nSPS) is 11.8. The molecule has 0 spiro atoms. The third kappa shape index (κ3) is 4.36. The van der Waals surface area contributed by atoms with Crippen LogP contribution in [0.3, 0.4) is 0 Å².